The van der Waals surface area contributed by atoms with Gasteiger partial charge in [-0.3, -0.25) is 14.9 Å². The lowest BCUT2D eigenvalue weighted by molar-refractivity contribution is -0.384. The molecule has 4 aromatic rings. The zero-order valence-corrected chi connectivity index (χ0v) is 21.4. The first kappa shape index (κ1) is 26.3. The predicted octanol–water partition coefficient (Wildman–Crippen LogP) is 6.36. The standard InChI is InChI=1S/C26H19Cl2N3O5S/c27-18-9-10-21(22(28)13-18)25(32)30(23(26(33)34)11-16-5-2-1-3-6-16)14-19-15-37-24(29-19)17-7-4-8-20(12-17)31(35)36/h1-10,12-13,15,23H,11,14H2,(H,33,34). The smallest absolute Gasteiger partial charge is 0.326 e. The van der Waals surface area contributed by atoms with Crippen molar-refractivity contribution in [3.05, 3.63) is 115 Å². The van der Waals surface area contributed by atoms with Crippen LogP contribution >= 0.6 is 34.5 Å². The van der Waals surface area contributed by atoms with E-state index in [0.717, 1.165) is 5.56 Å². The van der Waals surface area contributed by atoms with Gasteiger partial charge >= 0.3 is 5.97 Å². The minimum absolute atomic E-state index is 0.0645. The maximum atomic E-state index is 13.6. The molecular formula is C26H19Cl2N3O5S. The topological polar surface area (TPSA) is 114 Å². The van der Waals surface area contributed by atoms with Crippen molar-refractivity contribution in [2.75, 3.05) is 0 Å². The van der Waals surface area contributed by atoms with E-state index in [2.05, 4.69) is 4.98 Å². The van der Waals surface area contributed by atoms with Crippen LogP contribution in [0.4, 0.5) is 5.69 Å². The average Bonchev–Trinajstić information content (AvgIpc) is 3.35. The highest BCUT2D eigenvalue weighted by Gasteiger charge is 2.32. The van der Waals surface area contributed by atoms with Crippen LogP contribution in [0.15, 0.2) is 78.2 Å². The van der Waals surface area contributed by atoms with Crippen molar-refractivity contribution in [3.8, 4) is 10.6 Å². The Morgan fingerprint density at radius 1 is 1.05 bits per heavy atom. The van der Waals surface area contributed by atoms with Gasteiger partial charge in [0.15, 0.2) is 0 Å². The highest BCUT2D eigenvalue weighted by molar-refractivity contribution is 7.13. The lowest BCUT2D eigenvalue weighted by Crippen LogP contribution is -2.46. The van der Waals surface area contributed by atoms with Crippen molar-refractivity contribution in [2.24, 2.45) is 0 Å². The van der Waals surface area contributed by atoms with Crippen molar-refractivity contribution in [1.29, 1.82) is 0 Å². The van der Waals surface area contributed by atoms with Gasteiger partial charge in [-0.15, -0.1) is 11.3 Å². The van der Waals surface area contributed by atoms with E-state index in [1.165, 1.54) is 46.6 Å². The third-order valence-electron chi connectivity index (χ3n) is 5.54. The van der Waals surface area contributed by atoms with Crippen molar-refractivity contribution < 1.29 is 19.6 Å². The molecule has 0 aliphatic heterocycles. The molecule has 8 nitrogen and oxygen atoms in total. The third-order valence-corrected chi connectivity index (χ3v) is 7.03. The van der Waals surface area contributed by atoms with Gasteiger partial charge in [-0.2, -0.15) is 0 Å². The fourth-order valence-electron chi connectivity index (χ4n) is 3.75. The summed E-state index contributed by atoms with van der Waals surface area (Å²) in [5.74, 6) is -1.77. The predicted molar refractivity (Wildman–Crippen MR) is 142 cm³/mol. The molecule has 0 radical (unpaired) electrons. The second-order valence-electron chi connectivity index (χ2n) is 8.05. The minimum Gasteiger partial charge on any atom is -0.480 e. The summed E-state index contributed by atoms with van der Waals surface area (Å²) in [5.41, 5.74) is 1.76. The molecule has 0 saturated heterocycles. The van der Waals surface area contributed by atoms with Crippen LogP contribution < -0.4 is 0 Å². The largest absolute Gasteiger partial charge is 0.480 e. The molecule has 0 saturated carbocycles. The number of nitro benzene ring substituents is 1. The van der Waals surface area contributed by atoms with Gasteiger partial charge in [-0.1, -0.05) is 65.7 Å². The molecule has 0 aliphatic rings. The molecule has 1 aromatic heterocycles. The van der Waals surface area contributed by atoms with E-state index in [-0.39, 0.29) is 29.2 Å². The van der Waals surface area contributed by atoms with Gasteiger partial charge in [-0.05, 0) is 23.8 Å². The fraction of sp³-hybridized carbons (Fsp3) is 0.115. The van der Waals surface area contributed by atoms with E-state index in [9.17, 15) is 24.8 Å². The number of hydrogen-bond donors (Lipinski definition) is 1. The molecule has 11 heteroatoms. The molecule has 1 N–H and O–H groups in total. The van der Waals surface area contributed by atoms with E-state index in [0.29, 0.717) is 21.3 Å². The number of hydrogen-bond acceptors (Lipinski definition) is 6. The second-order valence-corrected chi connectivity index (χ2v) is 9.75. The summed E-state index contributed by atoms with van der Waals surface area (Å²) in [6.07, 6.45) is 0.0645. The molecule has 37 heavy (non-hydrogen) atoms. The van der Waals surface area contributed by atoms with Crippen LogP contribution in [-0.4, -0.2) is 37.8 Å². The molecule has 4 rings (SSSR count). The van der Waals surface area contributed by atoms with E-state index >= 15 is 0 Å². The summed E-state index contributed by atoms with van der Waals surface area (Å²) in [4.78, 5) is 42.5. The number of carboxylic acids is 1. The van der Waals surface area contributed by atoms with Gasteiger partial charge in [-0.25, -0.2) is 9.78 Å². The second kappa shape index (κ2) is 11.5. The molecule has 1 unspecified atom stereocenters. The maximum absolute atomic E-state index is 13.6. The molecule has 0 bridgehead atoms. The van der Waals surface area contributed by atoms with Crippen molar-refractivity contribution in [3.63, 3.8) is 0 Å². The highest BCUT2D eigenvalue weighted by atomic mass is 35.5. The molecule has 1 atom stereocenters. The number of nitro groups is 1. The van der Waals surface area contributed by atoms with Crippen LogP contribution in [0.3, 0.4) is 0 Å². The summed E-state index contributed by atoms with van der Waals surface area (Å²) in [7, 11) is 0. The number of benzene rings is 3. The Kier molecular flexibility index (Phi) is 8.17. The number of carboxylic acid groups (broad SMARTS) is 1. The van der Waals surface area contributed by atoms with Crippen LogP contribution in [0.1, 0.15) is 21.6 Å². The number of rotatable bonds is 9. The Morgan fingerprint density at radius 2 is 1.81 bits per heavy atom. The SMILES string of the molecule is O=C(O)C(Cc1ccccc1)N(Cc1csc(-c2cccc([N+](=O)[O-])c2)n1)C(=O)c1ccc(Cl)cc1Cl. The highest BCUT2D eigenvalue weighted by Crippen LogP contribution is 2.29. The Morgan fingerprint density at radius 3 is 2.49 bits per heavy atom. The zero-order chi connectivity index (χ0) is 26.5. The lowest BCUT2D eigenvalue weighted by Gasteiger charge is -2.29. The number of non-ortho nitro benzene ring substituents is 1. The summed E-state index contributed by atoms with van der Waals surface area (Å²) < 4.78 is 0. The Bertz CT molecular complexity index is 1460. The Labute approximate surface area is 225 Å². The van der Waals surface area contributed by atoms with Crippen molar-refractivity contribution in [2.45, 2.75) is 19.0 Å². The first-order valence-corrected chi connectivity index (χ1v) is 12.6. The number of carbonyl (C=O) groups is 2. The number of aromatic nitrogens is 1. The van der Waals surface area contributed by atoms with Gasteiger partial charge in [0.25, 0.3) is 11.6 Å². The third kappa shape index (κ3) is 6.32. The van der Waals surface area contributed by atoms with E-state index < -0.39 is 22.8 Å². The molecule has 1 amide bonds. The quantitative estimate of drug-likeness (QED) is 0.190. The molecule has 1 heterocycles. The summed E-state index contributed by atoms with van der Waals surface area (Å²) in [5, 5.41) is 23.9. The molecular weight excluding hydrogens is 537 g/mol. The van der Waals surface area contributed by atoms with E-state index in [4.69, 9.17) is 23.2 Å². The lowest BCUT2D eigenvalue weighted by atomic mass is 10.0. The maximum Gasteiger partial charge on any atom is 0.326 e. The van der Waals surface area contributed by atoms with Crippen LogP contribution in [0.5, 0.6) is 0 Å². The normalized spacial score (nSPS) is 11.6. The van der Waals surface area contributed by atoms with Crippen molar-refractivity contribution in [1.82, 2.24) is 9.88 Å². The Hall–Kier alpha value is -3.79. The molecule has 0 spiro atoms. The van der Waals surface area contributed by atoms with Crippen LogP contribution in [0.25, 0.3) is 10.6 Å². The fourth-order valence-corrected chi connectivity index (χ4v) is 5.05. The summed E-state index contributed by atoms with van der Waals surface area (Å²) in [6.45, 7) is -0.118. The number of amides is 1. The molecule has 3 aromatic carbocycles. The molecule has 0 fully saturated rings. The van der Waals surface area contributed by atoms with Gasteiger partial charge < -0.3 is 10.0 Å². The number of carbonyl (C=O) groups excluding carboxylic acids is 1. The van der Waals surface area contributed by atoms with Crippen LogP contribution in [0, 0.1) is 10.1 Å². The number of aliphatic carboxylic acids is 1. The monoisotopic (exact) mass is 555 g/mol. The summed E-state index contributed by atoms with van der Waals surface area (Å²) >= 11 is 13.5. The van der Waals surface area contributed by atoms with Crippen LogP contribution in [-0.2, 0) is 17.8 Å². The van der Waals surface area contributed by atoms with Gasteiger partial charge in [0.05, 0.1) is 27.7 Å². The average molecular weight is 556 g/mol. The molecule has 0 aliphatic carbocycles. The zero-order valence-electron chi connectivity index (χ0n) is 19.1. The number of thiazole rings is 1. The van der Waals surface area contributed by atoms with E-state index in [1.807, 2.05) is 6.07 Å². The van der Waals surface area contributed by atoms with E-state index in [1.54, 1.807) is 41.8 Å². The van der Waals surface area contributed by atoms with Crippen molar-refractivity contribution >= 4 is 52.1 Å². The van der Waals surface area contributed by atoms with Gasteiger partial charge in [0.1, 0.15) is 11.0 Å². The minimum atomic E-state index is -1.22. The number of halogens is 2. The first-order valence-electron chi connectivity index (χ1n) is 10.9. The first-order chi connectivity index (χ1) is 17.7. The number of nitrogens with zero attached hydrogens (tertiary/aromatic N) is 3. The van der Waals surface area contributed by atoms with Gasteiger partial charge in [0, 0.05) is 34.5 Å². The summed E-state index contributed by atoms with van der Waals surface area (Å²) in [6, 6.07) is 18.2. The van der Waals surface area contributed by atoms with Gasteiger partial charge in [0.2, 0.25) is 0 Å². The Balaban J connectivity index is 1.70. The molecule has 188 valence electrons. The van der Waals surface area contributed by atoms with Crippen LogP contribution in [0.2, 0.25) is 10.0 Å².